The number of fused-ring (bicyclic) bond motifs is 1. The molecule has 0 bridgehead atoms. The number of carbonyl (C=O) groups is 8. The second kappa shape index (κ2) is 22.3. The Morgan fingerprint density at radius 2 is 1.56 bits per heavy atom. The van der Waals surface area contributed by atoms with Crippen molar-refractivity contribution >= 4 is 68.8 Å². The summed E-state index contributed by atoms with van der Waals surface area (Å²) >= 11 is 0. The standard InChI is InChI=1S/C53H60N6O12S/c1-33-17-24-38(25-18-33)72(69,70)58(52(68)71-53(2,3)4)32-46(63)57(31-34-19-21-36(22-20-34)35-12-7-5-8-13-35)37-23-26-39(43(60)30-37)48(64)54-29-10-6-9-16-44(61)55-41-15-11-14-40-47(41)51(67)59(50(40)66)42-27-28-45(62)56-49(42)65/h11,14-15,17-26,30,35,42,60H,5-10,12-13,16,27-29,31-32H2,1-4H3,(H,54,64)(H,55,61)(H,56,62,65). The normalized spacial score (nSPS) is 16.2. The number of phenols is 1. The van der Waals surface area contributed by atoms with Gasteiger partial charge in [0.1, 0.15) is 23.9 Å². The lowest BCUT2D eigenvalue weighted by molar-refractivity contribution is -0.136. The van der Waals surface area contributed by atoms with Crippen LogP contribution in [0.15, 0.2) is 89.8 Å². The molecule has 1 atom stereocenters. The van der Waals surface area contributed by atoms with Gasteiger partial charge in [0.25, 0.3) is 27.7 Å². The van der Waals surface area contributed by atoms with Crippen molar-refractivity contribution in [2.75, 3.05) is 23.3 Å². The molecule has 0 aromatic heterocycles. The summed E-state index contributed by atoms with van der Waals surface area (Å²) in [6.07, 6.45) is 5.80. The number of unbranched alkanes of at least 4 members (excludes halogenated alkanes) is 2. The average Bonchev–Trinajstić information content (AvgIpc) is 3.59. The summed E-state index contributed by atoms with van der Waals surface area (Å²) in [4.78, 5) is 107. The predicted molar refractivity (Wildman–Crippen MR) is 265 cm³/mol. The fraction of sp³-hybridized carbons (Fsp3) is 0.396. The van der Waals surface area contributed by atoms with Gasteiger partial charge in [-0.1, -0.05) is 73.7 Å². The Balaban J connectivity index is 0.988. The monoisotopic (exact) mass is 1000 g/mol. The lowest BCUT2D eigenvalue weighted by Crippen LogP contribution is -2.54. The fourth-order valence-electron chi connectivity index (χ4n) is 9.04. The number of ether oxygens (including phenoxy) is 1. The number of benzene rings is 4. The Morgan fingerprint density at radius 3 is 2.22 bits per heavy atom. The molecule has 4 N–H and O–H groups in total. The largest absolute Gasteiger partial charge is 0.507 e. The van der Waals surface area contributed by atoms with Gasteiger partial charge in [0.05, 0.1) is 33.8 Å². The first-order chi connectivity index (χ1) is 34.2. The van der Waals surface area contributed by atoms with Crippen molar-refractivity contribution in [2.45, 2.75) is 127 Å². The van der Waals surface area contributed by atoms with Crippen LogP contribution in [0.5, 0.6) is 5.75 Å². The highest BCUT2D eigenvalue weighted by molar-refractivity contribution is 7.89. The Morgan fingerprint density at radius 1 is 0.847 bits per heavy atom. The number of phenolic OH excluding ortho intramolecular Hbond substituents is 1. The molecular weight excluding hydrogens is 945 g/mol. The summed E-state index contributed by atoms with van der Waals surface area (Å²) in [5, 5.41) is 18.9. The lowest BCUT2D eigenvalue weighted by Gasteiger charge is -2.29. The summed E-state index contributed by atoms with van der Waals surface area (Å²) in [7, 11) is -4.61. The van der Waals surface area contributed by atoms with Crippen molar-refractivity contribution in [1.82, 2.24) is 19.8 Å². The van der Waals surface area contributed by atoms with E-state index in [9.17, 15) is 51.9 Å². The third-order valence-electron chi connectivity index (χ3n) is 12.8. The van der Waals surface area contributed by atoms with Crippen LogP contribution in [0, 0.1) is 6.92 Å². The first kappa shape index (κ1) is 52.4. The molecule has 4 aromatic rings. The smallest absolute Gasteiger partial charge is 0.424 e. The van der Waals surface area contributed by atoms with Crippen LogP contribution in [0.4, 0.5) is 16.2 Å². The van der Waals surface area contributed by atoms with Crippen LogP contribution < -0.4 is 20.9 Å². The van der Waals surface area contributed by atoms with Gasteiger partial charge in [-0.25, -0.2) is 13.2 Å². The van der Waals surface area contributed by atoms with Gasteiger partial charge in [0.15, 0.2) is 0 Å². The van der Waals surface area contributed by atoms with Gasteiger partial charge in [0, 0.05) is 31.1 Å². The van der Waals surface area contributed by atoms with Crippen molar-refractivity contribution in [2.24, 2.45) is 0 Å². The van der Waals surface area contributed by atoms with E-state index in [1.165, 1.54) is 65.4 Å². The van der Waals surface area contributed by atoms with E-state index in [2.05, 4.69) is 16.0 Å². The molecule has 72 heavy (non-hydrogen) atoms. The number of anilines is 2. The molecule has 3 aliphatic rings. The molecule has 2 aliphatic heterocycles. The molecule has 2 fully saturated rings. The molecule has 1 saturated heterocycles. The number of rotatable bonds is 17. The SMILES string of the molecule is Cc1ccc(S(=O)(=O)N(CC(=O)N(Cc2ccc(C3CCCCC3)cc2)c2ccc(C(=O)NCCCCCC(=O)Nc3cccc4c3C(=O)N(C3CCC(=O)NC3=O)C4=O)c(O)c2)C(=O)OC(C)(C)C)cc1. The fourth-order valence-corrected chi connectivity index (χ4v) is 10.3. The predicted octanol–water partition coefficient (Wildman–Crippen LogP) is 7.24. The first-order valence-corrected chi connectivity index (χ1v) is 25.6. The number of aromatic hydroxyl groups is 1. The van der Waals surface area contributed by atoms with Crippen LogP contribution in [0.1, 0.15) is 145 Å². The average molecular weight is 1010 g/mol. The zero-order valence-electron chi connectivity index (χ0n) is 40.8. The van der Waals surface area contributed by atoms with Gasteiger partial charge >= 0.3 is 6.09 Å². The van der Waals surface area contributed by atoms with Crippen LogP contribution in [-0.2, 0) is 40.5 Å². The molecule has 2 heterocycles. The second-order valence-corrected chi connectivity index (χ2v) is 21.2. The van der Waals surface area contributed by atoms with Crippen LogP contribution in [0.3, 0.4) is 0 Å². The molecule has 0 spiro atoms. The van der Waals surface area contributed by atoms with E-state index in [0.29, 0.717) is 35.0 Å². The quantitative estimate of drug-likeness (QED) is 0.0604. The maximum atomic E-state index is 14.5. The molecule has 380 valence electrons. The third kappa shape index (κ3) is 12.4. The molecule has 18 nitrogen and oxygen atoms in total. The Bertz CT molecular complexity index is 2870. The maximum absolute atomic E-state index is 14.5. The number of amides is 8. The van der Waals surface area contributed by atoms with E-state index in [1.807, 2.05) is 24.3 Å². The summed E-state index contributed by atoms with van der Waals surface area (Å²) in [6.45, 7) is 5.66. The number of sulfonamides is 1. The first-order valence-electron chi connectivity index (χ1n) is 24.2. The molecule has 0 radical (unpaired) electrons. The van der Waals surface area contributed by atoms with E-state index >= 15 is 0 Å². The van der Waals surface area contributed by atoms with Crippen molar-refractivity contribution in [1.29, 1.82) is 0 Å². The molecule has 1 saturated carbocycles. The molecule has 19 heteroatoms. The van der Waals surface area contributed by atoms with Gasteiger partial charge in [-0.2, -0.15) is 4.31 Å². The highest BCUT2D eigenvalue weighted by Crippen LogP contribution is 2.35. The zero-order valence-corrected chi connectivity index (χ0v) is 41.6. The van der Waals surface area contributed by atoms with E-state index < -0.39 is 81.4 Å². The molecule has 8 amide bonds. The van der Waals surface area contributed by atoms with Crippen molar-refractivity contribution in [3.63, 3.8) is 0 Å². The molecular formula is C53H60N6O12S. The van der Waals surface area contributed by atoms with Gasteiger partial charge in [0.2, 0.25) is 23.6 Å². The van der Waals surface area contributed by atoms with Gasteiger partial charge in [-0.05, 0) is 113 Å². The minimum atomic E-state index is -4.61. The lowest BCUT2D eigenvalue weighted by atomic mass is 9.84. The Hall–Kier alpha value is -7.41. The highest BCUT2D eigenvalue weighted by atomic mass is 32.2. The van der Waals surface area contributed by atoms with E-state index in [0.717, 1.165) is 36.1 Å². The van der Waals surface area contributed by atoms with Crippen LogP contribution in [0.25, 0.3) is 0 Å². The van der Waals surface area contributed by atoms with Crippen molar-refractivity contribution in [3.8, 4) is 5.75 Å². The topological polar surface area (TPSA) is 246 Å². The number of aryl methyl sites for hydroxylation is 1. The number of nitrogens with zero attached hydrogens (tertiary/aromatic N) is 3. The van der Waals surface area contributed by atoms with Crippen LogP contribution >= 0.6 is 0 Å². The van der Waals surface area contributed by atoms with E-state index in [-0.39, 0.29) is 65.3 Å². The Kier molecular flexibility index (Phi) is 16.3. The maximum Gasteiger partial charge on any atom is 0.424 e. The summed E-state index contributed by atoms with van der Waals surface area (Å²) < 4.78 is 34.0. The number of nitrogens with one attached hydrogen (secondary N) is 3. The van der Waals surface area contributed by atoms with Gasteiger partial charge in [-0.3, -0.25) is 43.8 Å². The van der Waals surface area contributed by atoms with Crippen molar-refractivity contribution < 1.29 is 56.6 Å². The minimum absolute atomic E-state index is 0.00507. The van der Waals surface area contributed by atoms with E-state index in [4.69, 9.17) is 4.74 Å². The Labute approximate surface area is 418 Å². The van der Waals surface area contributed by atoms with Crippen LogP contribution in [-0.4, -0.2) is 94.9 Å². The number of piperidine rings is 1. The molecule has 1 aliphatic carbocycles. The molecule has 1 unspecified atom stereocenters. The number of hydrogen-bond acceptors (Lipinski definition) is 12. The highest BCUT2D eigenvalue weighted by Gasteiger charge is 2.46. The van der Waals surface area contributed by atoms with Gasteiger partial charge in [-0.15, -0.1) is 0 Å². The second-order valence-electron chi connectivity index (χ2n) is 19.4. The van der Waals surface area contributed by atoms with E-state index in [1.54, 1.807) is 39.8 Å². The summed E-state index contributed by atoms with van der Waals surface area (Å²) in [5.41, 5.74) is 1.70. The van der Waals surface area contributed by atoms with Gasteiger partial charge < -0.3 is 25.4 Å². The number of carbonyl (C=O) groups excluding carboxylic acids is 8. The number of hydrogen-bond donors (Lipinski definition) is 4. The third-order valence-corrected chi connectivity index (χ3v) is 14.6. The minimum Gasteiger partial charge on any atom is -0.507 e. The van der Waals surface area contributed by atoms with Crippen LogP contribution in [0.2, 0.25) is 0 Å². The molecule has 4 aromatic carbocycles. The number of imide groups is 2. The summed E-state index contributed by atoms with van der Waals surface area (Å²) in [6, 6.07) is 21.0. The van der Waals surface area contributed by atoms with Crippen molar-refractivity contribution in [3.05, 3.63) is 118 Å². The summed E-state index contributed by atoms with van der Waals surface area (Å²) in [5.74, 6) is -4.56. The molecule has 7 rings (SSSR count). The zero-order chi connectivity index (χ0) is 51.9.